The van der Waals surface area contributed by atoms with Crippen LogP contribution in [0.3, 0.4) is 0 Å². The van der Waals surface area contributed by atoms with E-state index >= 15 is 0 Å². The molecule has 150 valence electrons. The molecule has 0 saturated carbocycles. The van der Waals surface area contributed by atoms with Crippen molar-refractivity contribution < 1.29 is 13.2 Å². The molecule has 0 atom stereocenters. The minimum Gasteiger partial charge on any atom is -0.321 e. The molecule has 1 aliphatic heterocycles. The number of sulfonamides is 1. The van der Waals surface area contributed by atoms with Crippen LogP contribution in [-0.2, 0) is 10.0 Å². The van der Waals surface area contributed by atoms with Gasteiger partial charge in [0.25, 0.3) is 5.91 Å². The molecular weight excluding hydrogens is 410 g/mol. The van der Waals surface area contributed by atoms with Gasteiger partial charge in [-0.1, -0.05) is 17.7 Å². The predicted molar refractivity (Wildman–Crippen MR) is 114 cm³/mol. The molecule has 6 nitrogen and oxygen atoms in total. The standard InChI is InChI=1S/C21H20ClN3O3S/c1-14-18(22)8-7-17-19(9-10-23-20(14)17)24-21(26)15-5-4-6-16(13-15)29(27,28)25-11-2-3-12-25/h4-10,13H,2-3,11-12H2,1H3,(H,23,24,26). The van der Waals surface area contributed by atoms with Gasteiger partial charge in [0.05, 0.1) is 16.1 Å². The van der Waals surface area contributed by atoms with E-state index < -0.39 is 10.0 Å². The summed E-state index contributed by atoms with van der Waals surface area (Å²) in [6.45, 7) is 2.91. The molecule has 0 bridgehead atoms. The van der Waals surface area contributed by atoms with Gasteiger partial charge in [0, 0.05) is 35.3 Å². The molecule has 4 rings (SSSR count). The number of hydrogen-bond donors (Lipinski definition) is 1. The van der Waals surface area contributed by atoms with Crippen molar-refractivity contribution in [1.82, 2.24) is 9.29 Å². The Morgan fingerprint density at radius 1 is 1.14 bits per heavy atom. The Kier molecular flexibility index (Phi) is 5.29. The molecule has 0 spiro atoms. The summed E-state index contributed by atoms with van der Waals surface area (Å²) in [7, 11) is -3.58. The fourth-order valence-corrected chi connectivity index (χ4v) is 5.23. The first-order valence-electron chi connectivity index (χ1n) is 9.33. The van der Waals surface area contributed by atoms with Gasteiger partial charge in [0.2, 0.25) is 10.0 Å². The first kappa shape index (κ1) is 19.8. The van der Waals surface area contributed by atoms with Crippen molar-refractivity contribution in [3.8, 4) is 0 Å². The maximum atomic E-state index is 12.8. The first-order chi connectivity index (χ1) is 13.9. The Balaban J connectivity index is 1.65. The van der Waals surface area contributed by atoms with Crippen LogP contribution in [0.25, 0.3) is 10.9 Å². The van der Waals surface area contributed by atoms with Crippen LogP contribution in [0.4, 0.5) is 5.69 Å². The van der Waals surface area contributed by atoms with Gasteiger partial charge in [0.1, 0.15) is 0 Å². The van der Waals surface area contributed by atoms with Gasteiger partial charge in [-0.15, -0.1) is 0 Å². The van der Waals surface area contributed by atoms with Crippen molar-refractivity contribution in [3.63, 3.8) is 0 Å². The molecule has 3 aromatic rings. The third kappa shape index (κ3) is 3.73. The van der Waals surface area contributed by atoms with E-state index in [0.717, 1.165) is 23.8 Å². The van der Waals surface area contributed by atoms with E-state index in [0.29, 0.717) is 29.3 Å². The number of anilines is 1. The monoisotopic (exact) mass is 429 g/mol. The van der Waals surface area contributed by atoms with Crippen LogP contribution in [-0.4, -0.2) is 36.7 Å². The normalized spacial score (nSPS) is 15.0. The molecule has 2 heterocycles. The summed E-state index contributed by atoms with van der Waals surface area (Å²) in [5.74, 6) is -0.386. The van der Waals surface area contributed by atoms with E-state index in [1.54, 1.807) is 30.5 Å². The predicted octanol–water partition coefficient (Wildman–Crippen LogP) is 4.23. The van der Waals surface area contributed by atoms with E-state index in [9.17, 15) is 13.2 Å². The van der Waals surface area contributed by atoms with E-state index in [-0.39, 0.29) is 16.4 Å². The molecule has 1 aliphatic rings. The van der Waals surface area contributed by atoms with Crippen LogP contribution < -0.4 is 5.32 Å². The highest BCUT2D eigenvalue weighted by Gasteiger charge is 2.27. The summed E-state index contributed by atoms with van der Waals surface area (Å²) in [5, 5.41) is 4.24. The van der Waals surface area contributed by atoms with E-state index in [2.05, 4.69) is 10.3 Å². The van der Waals surface area contributed by atoms with Crippen molar-refractivity contribution in [3.05, 3.63) is 64.8 Å². The van der Waals surface area contributed by atoms with Gasteiger partial charge in [-0.3, -0.25) is 9.78 Å². The maximum Gasteiger partial charge on any atom is 0.255 e. The molecular formula is C21H20ClN3O3S. The second-order valence-electron chi connectivity index (χ2n) is 7.02. The zero-order valence-electron chi connectivity index (χ0n) is 15.9. The van der Waals surface area contributed by atoms with Gasteiger partial charge in [-0.25, -0.2) is 8.42 Å². The Bertz CT molecular complexity index is 1210. The smallest absolute Gasteiger partial charge is 0.255 e. The van der Waals surface area contributed by atoms with Crippen molar-refractivity contribution in [2.45, 2.75) is 24.7 Å². The Morgan fingerprint density at radius 3 is 2.66 bits per heavy atom. The van der Waals surface area contributed by atoms with Crippen LogP contribution in [0.15, 0.2) is 53.6 Å². The highest BCUT2D eigenvalue weighted by atomic mass is 35.5. The van der Waals surface area contributed by atoms with E-state index in [1.165, 1.54) is 16.4 Å². The number of amides is 1. The van der Waals surface area contributed by atoms with Gasteiger partial charge in [-0.2, -0.15) is 4.31 Å². The number of aromatic nitrogens is 1. The average molecular weight is 430 g/mol. The van der Waals surface area contributed by atoms with Gasteiger partial charge in [0.15, 0.2) is 0 Å². The third-order valence-electron chi connectivity index (χ3n) is 5.15. The number of benzene rings is 2. The summed E-state index contributed by atoms with van der Waals surface area (Å²) in [5.41, 5.74) is 2.41. The number of hydrogen-bond acceptors (Lipinski definition) is 4. The van der Waals surface area contributed by atoms with Crippen LogP contribution in [0.2, 0.25) is 5.02 Å². The lowest BCUT2D eigenvalue weighted by Crippen LogP contribution is -2.28. The van der Waals surface area contributed by atoms with Gasteiger partial charge >= 0.3 is 0 Å². The zero-order valence-corrected chi connectivity index (χ0v) is 17.4. The number of halogens is 1. The molecule has 1 saturated heterocycles. The zero-order chi connectivity index (χ0) is 20.6. The van der Waals surface area contributed by atoms with Crippen LogP contribution in [0.1, 0.15) is 28.8 Å². The Morgan fingerprint density at radius 2 is 1.90 bits per heavy atom. The number of fused-ring (bicyclic) bond motifs is 1. The highest BCUT2D eigenvalue weighted by molar-refractivity contribution is 7.89. The first-order valence-corrected chi connectivity index (χ1v) is 11.1. The molecule has 8 heteroatoms. The molecule has 1 N–H and O–H groups in total. The summed E-state index contributed by atoms with van der Waals surface area (Å²) in [6, 6.07) is 11.4. The van der Waals surface area contributed by atoms with E-state index in [4.69, 9.17) is 11.6 Å². The molecule has 29 heavy (non-hydrogen) atoms. The summed E-state index contributed by atoms with van der Waals surface area (Å²) < 4.78 is 27.0. The molecule has 2 aromatic carbocycles. The molecule has 1 aromatic heterocycles. The van der Waals surface area contributed by atoms with Gasteiger partial charge < -0.3 is 5.32 Å². The second kappa shape index (κ2) is 7.74. The third-order valence-corrected chi connectivity index (χ3v) is 7.45. The SMILES string of the molecule is Cc1c(Cl)ccc2c(NC(=O)c3cccc(S(=O)(=O)N4CCCC4)c3)ccnc12. The van der Waals surface area contributed by atoms with E-state index in [1.807, 2.05) is 13.0 Å². The van der Waals surface area contributed by atoms with Crippen molar-refractivity contribution in [1.29, 1.82) is 0 Å². The number of nitrogens with zero attached hydrogens (tertiary/aromatic N) is 2. The quantitative estimate of drug-likeness (QED) is 0.672. The van der Waals surface area contributed by atoms with Crippen molar-refractivity contribution in [2.24, 2.45) is 0 Å². The molecule has 0 unspecified atom stereocenters. The Labute approximate surface area is 174 Å². The molecule has 1 fully saturated rings. The number of carbonyl (C=O) groups is 1. The summed E-state index contributed by atoms with van der Waals surface area (Å²) >= 11 is 6.17. The summed E-state index contributed by atoms with van der Waals surface area (Å²) in [4.78, 5) is 17.3. The maximum absolute atomic E-state index is 12.8. The van der Waals surface area contributed by atoms with Crippen molar-refractivity contribution >= 4 is 44.1 Å². The molecule has 1 amide bonds. The lowest BCUT2D eigenvalue weighted by molar-refractivity contribution is 0.102. The number of aryl methyl sites for hydroxylation is 1. The number of rotatable bonds is 4. The van der Waals surface area contributed by atoms with Crippen LogP contribution >= 0.6 is 11.6 Å². The summed E-state index contributed by atoms with van der Waals surface area (Å²) in [6.07, 6.45) is 3.32. The minimum atomic E-state index is -3.58. The Hall–Kier alpha value is -2.48. The fraction of sp³-hybridized carbons (Fsp3) is 0.238. The topological polar surface area (TPSA) is 79.4 Å². The minimum absolute atomic E-state index is 0.134. The average Bonchev–Trinajstić information content (AvgIpc) is 3.27. The number of nitrogens with one attached hydrogen (secondary N) is 1. The number of carbonyl (C=O) groups excluding carboxylic acids is 1. The lowest BCUT2D eigenvalue weighted by Gasteiger charge is -2.16. The van der Waals surface area contributed by atoms with Crippen LogP contribution in [0.5, 0.6) is 0 Å². The fourth-order valence-electron chi connectivity index (χ4n) is 3.51. The largest absolute Gasteiger partial charge is 0.321 e. The van der Waals surface area contributed by atoms with Gasteiger partial charge in [-0.05, 0) is 61.7 Å². The highest BCUT2D eigenvalue weighted by Crippen LogP contribution is 2.29. The lowest BCUT2D eigenvalue weighted by atomic mass is 10.1. The van der Waals surface area contributed by atoms with Crippen molar-refractivity contribution in [2.75, 3.05) is 18.4 Å². The number of pyridine rings is 1. The van der Waals surface area contributed by atoms with Crippen LogP contribution in [0, 0.1) is 6.92 Å². The molecule has 0 aliphatic carbocycles. The second-order valence-corrected chi connectivity index (χ2v) is 9.37. The molecule has 0 radical (unpaired) electrons.